The van der Waals surface area contributed by atoms with Crippen molar-refractivity contribution in [1.29, 1.82) is 0 Å². The van der Waals surface area contributed by atoms with E-state index in [1.165, 1.54) is 12.1 Å². The van der Waals surface area contributed by atoms with Gasteiger partial charge in [-0.2, -0.15) is 24.9 Å². The Morgan fingerprint density at radius 2 is 2.13 bits per heavy atom. The van der Waals surface area contributed by atoms with Crippen LogP contribution in [-0.4, -0.2) is 46.0 Å². The van der Waals surface area contributed by atoms with Gasteiger partial charge in [0.25, 0.3) is 11.6 Å². The van der Waals surface area contributed by atoms with Crippen LogP contribution in [0.5, 0.6) is 0 Å². The molecular weight excluding hydrogens is 427 g/mol. The maximum absolute atomic E-state index is 13.5. The molecule has 4 rings (SSSR count). The van der Waals surface area contributed by atoms with Crippen LogP contribution >= 0.6 is 11.8 Å². The number of thioether (sulfide) groups is 1. The largest absolute Gasteiger partial charge is 0.416 e. The van der Waals surface area contributed by atoms with Crippen molar-refractivity contribution in [3.05, 3.63) is 47.2 Å². The zero-order valence-corrected chi connectivity index (χ0v) is 18.0. The molecule has 1 aliphatic heterocycles. The molecule has 1 atom stereocenters. The van der Waals surface area contributed by atoms with Crippen LogP contribution in [0.3, 0.4) is 0 Å². The van der Waals surface area contributed by atoms with Crippen LogP contribution in [0.15, 0.2) is 34.9 Å². The number of alkyl halides is 3. The Morgan fingerprint density at radius 3 is 2.87 bits per heavy atom. The van der Waals surface area contributed by atoms with Crippen LogP contribution in [0.4, 0.5) is 13.2 Å². The van der Waals surface area contributed by atoms with Gasteiger partial charge >= 0.3 is 6.18 Å². The van der Waals surface area contributed by atoms with Gasteiger partial charge in [-0.3, -0.25) is 4.79 Å². The van der Waals surface area contributed by atoms with E-state index in [0.717, 1.165) is 30.7 Å². The lowest BCUT2D eigenvalue weighted by Gasteiger charge is -2.32. The number of aromatic nitrogens is 2. The number of hydrogen-bond donors (Lipinski definition) is 0. The van der Waals surface area contributed by atoms with Gasteiger partial charge in [0.2, 0.25) is 0 Å². The molecule has 0 radical (unpaired) electrons. The van der Waals surface area contributed by atoms with Gasteiger partial charge in [-0.25, -0.2) is 4.98 Å². The summed E-state index contributed by atoms with van der Waals surface area (Å²) in [6.45, 7) is 3.03. The van der Waals surface area contributed by atoms with E-state index < -0.39 is 11.7 Å². The smallest absolute Gasteiger partial charge is 0.338 e. The molecule has 9 heteroatoms. The molecule has 1 aromatic carbocycles. The number of carbonyl (C=O) groups excluding carboxylic acids is 1. The van der Waals surface area contributed by atoms with Gasteiger partial charge in [0.1, 0.15) is 0 Å². The van der Waals surface area contributed by atoms with E-state index in [1.807, 2.05) is 4.90 Å². The lowest BCUT2D eigenvalue weighted by atomic mass is 9.98. The minimum Gasteiger partial charge on any atom is -0.338 e. The molecule has 1 fully saturated rings. The Labute approximate surface area is 182 Å². The zero-order valence-electron chi connectivity index (χ0n) is 17.2. The summed E-state index contributed by atoms with van der Waals surface area (Å²) >= 11 is 1.76. The lowest BCUT2D eigenvalue weighted by molar-refractivity contribution is -0.137. The minimum atomic E-state index is -4.47. The van der Waals surface area contributed by atoms with E-state index in [9.17, 15) is 18.0 Å². The summed E-state index contributed by atoms with van der Waals surface area (Å²) < 4.78 is 44.8. The predicted octanol–water partition coefficient (Wildman–Crippen LogP) is 5.43. The van der Waals surface area contributed by atoms with Crippen molar-refractivity contribution in [2.75, 3.05) is 25.1 Å². The second-order valence-corrected chi connectivity index (χ2v) is 8.71. The first-order valence-corrected chi connectivity index (χ1v) is 11.4. The van der Waals surface area contributed by atoms with Gasteiger partial charge in [0.15, 0.2) is 0 Å². The molecule has 1 amide bonds. The fraction of sp³-hybridized carbons (Fsp3) is 0.409. The lowest BCUT2D eigenvalue weighted by Crippen LogP contribution is -2.40. The molecule has 2 aromatic heterocycles. The van der Waals surface area contributed by atoms with E-state index in [4.69, 9.17) is 4.52 Å². The van der Waals surface area contributed by atoms with Crippen LogP contribution in [0.1, 0.15) is 34.5 Å². The molecule has 0 saturated carbocycles. The molecular formula is C22H22F3N3O2S. The second-order valence-electron chi connectivity index (χ2n) is 7.80. The number of nitrogens with zero attached hydrogens (tertiary/aromatic N) is 3. The molecule has 1 saturated heterocycles. The summed E-state index contributed by atoms with van der Waals surface area (Å²) in [4.78, 5) is 19.6. The summed E-state index contributed by atoms with van der Waals surface area (Å²) in [7, 11) is 0. The first kappa shape index (κ1) is 21.7. The number of fused-ring (bicyclic) bond motifs is 1. The molecule has 0 N–H and O–H groups in total. The van der Waals surface area contributed by atoms with Crippen LogP contribution < -0.4 is 0 Å². The van der Waals surface area contributed by atoms with Crippen molar-refractivity contribution in [3.63, 3.8) is 0 Å². The number of hydrogen-bond acceptors (Lipinski definition) is 5. The maximum Gasteiger partial charge on any atom is 0.416 e. The fourth-order valence-corrected chi connectivity index (χ4v) is 4.80. The third-order valence-electron chi connectivity index (χ3n) is 5.54. The molecule has 5 nitrogen and oxygen atoms in total. The third-order valence-corrected chi connectivity index (χ3v) is 6.35. The first-order chi connectivity index (χ1) is 14.8. The number of carbonyl (C=O) groups is 1. The molecule has 0 aliphatic carbocycles. The van der Waals surface area contributed by atoms with E-state index >= 15 is 0 Å². The van der Waals surface area contributed by atoms with Gasteiger partial charge in [0, 0.05) is 18.7 Å². The van der Waals surface area contributed by atoms with Crippen LogP contribution in [-0.2, 0) is 6.18 Å². The Morgan fingerprint density at radius 1 is 1.32 bits per heavy atom. The number of halogens is 3. The fourth-order valence-electron chi connectivity index (χ4n) is 4.06. The highest BCUT2D eigenvalue weighted by atomic mass is 32.2. The van der Waals surface area contributed by atoms with Crippen molar-refractivity contribution in [2.24, 2.45) is 5.92 Å². The molecule has 3 aromatic rings. The second kappa shape index (κ2) is 8.53. The topological polar surface area (TPSA) is 59.2 Å². The Bertz CT molecular complexity index is 1110. The monoisotopic (exact) mass is 449 g/mol. The normalized spacial score (nSPS) is 17.3. The van der Waals surface area contributed by atoms with Crippen molar-refractivity contribution >= 4 is 28.8 Å². The van der Waals surface area contributed by atoms with Gasteiger partial charge in [-0.15, -0.1) is 0 Å². The van der Waals surface area contributed by atoms with Gasteiger partial charge in [-0.05, 0) is 55.9 Å². The number of piperidine rings is 1. The molecule has 1 aliphatic rings. The number of rotatable bonds is 4. The van der Waals surface area contributed by atoms with Crippen molar-refractivity contribution < 1.29 is 22.5 Å². The molecule has 0 spiro atoms. The van der Waals surface area contributed by atoms with Gasteiger partial charge < -0.3 is 9.42 Å². The quantitative estimate of drug-likeness (QED) is 0.531. The predicted molar refractivity (Wildman–Crippen MR) is 114 cm³/mol. The maximum atomic E-state index is 13.5. The number of aryl methyl sites for hydroxylation is 1. The minimum absolute atomic E-state index is 0.147. The number of amides is 1. The zero-order chi connectivity index (χ0) is 22.2. The van der Waals surface area contributed by atoms with Crippen molar-refractivity contribution in [2.45, 2.75) is 25.9 Å². The van der Waals surface area contributed by atoms with E-state index in [-0.39, 0.29) is 22.9 Å². The molecule has 0 bridgehead atoms. The van der Waals surface area contributed by atoms with E-state index in [0.29, 0.717) is 35.7 Å². The van der Waals surface area contributed by atoms with Crippen LogP contribution in [0, 0.1) is 12.8 Å². The van der Waals surface area contributed by atoms with E-state index in [2.05, 4.69) is 16.4 Å². The standard InChI is InChI=1S/C22H22F3N3O2S/c1-13-19-17(21(29)28-8-4-5-14(11-28)12-31-2)10-18(26-20(19)30-27-13)15-6-3-7-16(9-15)22(23,24)25/h3,6-7,9-10,14H,4-5,8,11-12H2,1-2H3. The van der Waals surface area contributed by atoms with Crippen molar-refractivity contribution in [1.82, 2.24) is 15.0 Å². The Kier molecular flexibility index (Phi) is 5.96. The average Bonchev–Trinajstić information content (AvgIpc) is 3.13. The summed E-state index contributed by atoms with van der Waals surface area (Å²) in [5, 5.41) is 4.44. The number of likely N-dealkylation sites (tertiary alicyclic amines) is 1. The average molecular weight is 449 g/mol. The molecule has 1 unspecified atom stereocenters. The highest BCUT2D eigenvalue weighted by molar-refractivity contribution is 7.98. The summed E-state index contributed by atoms with van der Waals surface area (Å²) in [5.41, 5.74) is 0.771. The van der Waals surface area contributed by atoms with Gasteiger partial charge in [-0.1, -0.05) is 17.3 Å². The summed E-state index contributed by atoms with van der Waals surface area (Å²) in [6, 6.07) is 6.46. The first-order valence-electron chi connectivity index (χ1n) is 10.0. The number of pyridine rings is 1. The van der Waals surface area contributed by atoms with Crippen molar-refractivity contribution in [3.8, 4) is 11.3 Å². The van der Waals surface area contributed by atoms with E-state index in [1.54, 1.807) is 24.8 Å². The van der Waals surface area contributed by atoms with Crippen LogP contribution in [0.25, 0.3) is 22.4 Å². The third kappa shape index (κ3) is 4.42. The SMILES string of the molecule is CSCC1CCCN(C(=O)c2cc(-c3cccc(C(F)(F)F)c3)nc3onc(C)c23)C1. The Balaban J connectivity index is 1.77. The highest BCUT2D eigenvalue weighted by Gasteiger charge is 2.31. The molecule has 31 heavy (non-hydrogen) atoms. The van der Waals surface area contributed by atoms with Crippen LogP contribution in [0.2, 0.25) is 0 Å². The molecule has 164 valence electrons. The Hall–Kier alpha value is -2.55. The molecule has 3 heterocycles. The number of benzene rings is 1. The van der Waals surface area contributed by atoms with Gasteiger partial charge in [0.05, 0.1) is 27.9 Å². The summed E-state index contributed by atoms with van der Waals surface area (Å²) in [5.74, 6) is 1.24. The summed E-state index contributed by atoms with van der Waals surface area (Å²) in [6.07, 6.45) is -0.414. The highest BCUT2D eigenvalue weighted by Crippen LogP contribution is 2.34.